The fourth-order valence-corrected chi connectivity index (χ4v) is 4.29. The number of aryl methyl sites for hydroxylation is 3. The number of nitrogens with zero attached hydrogens (tertiary/aromatic N) is 2. The maximum Gasteiger partial charge on any atom is 0.341 e. The van der Waals surface area contributed by atoms with Gasteiger partial charge in [0.25, 0.3) is 0 Å². The van der Waals surface area contributed by atoms with Crippen LogP contribution in [0.1, 0.15) is 65.6 Å². The molecule has 140 valence electrons. The van der Waals surface area contributed by atoms with Crippen LogP contribution in [0, 0.1) is 6.92 Å². The van der Waals surface area contributed by atoms with Crippen molar-refractivity contribution in [2.24, 2.45) is 0 Å². The maximum atomic E-state index is 12.6. The third kappa shape index (κ3) is 4.30. The summed E-state index contributed by atoms with van der Waals surface area (Å²) in [6.07, 6.45) is 4.33. The van der Waals surface area contributed by atoms with Gasteiger partial charge in [-0.3, -0.25) is 4.79 Å². The molecule has 26 heavy (non-hydrogen) atoms. The third-order valence-corrected chi connectivity index (χ3v) is 5.31. The summed E-state index contributed by atoms with van der Waals surface area (Å²) in [5.74, 6) is 0.438. The molecule has 0 radical (unpaired) electrons. The number of rotatable bonds is 6. The van der Waals surface area contributed by atoms with E-state index < -0.39 is 0 Å². The molecule has 0 atom stereocenters. The van der Waals surface area contributed by atoms with Gasteiger partial charge in [0.1, 0.15) is 5.00 Å². The van der Waals surface area contributed by atoms with Crippen molar-refractivity contribution in [3.63, 3.8) is 0 Å². The predicted molar refractivity (Wildman–Crippen MR) is 97.5 cm³/mol. The molecular formula is C18H23N3O4S. The normalized spacial score (nSPS) is 13.5. The zero-order valence-corrected chi connectivity index (χ0v) is 16.1. The number of thiophene rings is 1. The molecule has 0 unspecified atom stereocenters. The van der Waals surface area contributed by atoms with Gasteiger partial charge in [0.2, 0.25) is 11.8 Å². The van der Waals surface area contributed by atoms with Crippen molar-refractivity contribution < 1.29 is 18.8 Å². The van der Waals surface area contributed by atoms with Gasteiger partial charge in [-0.2, -0.15) is 4.98 Å². The zero-order valence-electron chi connectivity index (χ0n) is 15.3. The number of aromatic nitrogens is 2. The molecular weight excluding hydrogens is 354 g/mol. The van der Waals surface area contributed by atoms with Gasteiger partial charge in [-0.05, 0) is 52.0 Å². The number of nitrogens with one attached hydrogen (secondary N) is 1. The van der Waals surface area contributed by atoms with Gasteiger partial charge in [0.15, 0.2) is 5.82 Å². The van der Waals surface area contributed by atoms with E-state index >= 15 is 0 Å². The van der Waals surface area contributed by atoms with Crippen molar-refractivity contribution in [1.29, 1.82) is 0 Å². The molecule has 3 rings (SSSR count). The molecule has 2 heterocycles. The molecule has 0 saturated heterocycles. The summed E-state index contributed by atoms with van der Waals surface area (Å²) < 4.78 is 10.4. The van der Waals surface area contributed by atoms with Gasteiger partial charge in [0.05, 0.1) is 11.7 Å². The largest absolute Gasteiger partial charge is 0.459 e. The first-order valence-electron chi connectivity index (χ1n) is 8.88. The summed E-state index contributed by atoms with van der Waals surface area (Å²) >= 11 is 1.49. The number of ether oxygens (including phenoxy) is 1. The Balaban J connectivity index is 1.74. The van der Waals surface area contributed by atoms with Crippen LogP contribution in [0.3, 0.4) is 0 Å². The van der Waals surface area contributed by atoms with Crippen LogP contribution in [0.25, 0.3) is 0 Å². The molecule has 1 N–H and O–H groups in total. The minimum atomic E-state index is -0.359. The van der Waals surface area contributed by atoms with Crippen molar-refractivity contribution in [2.45, 2.75) is 65.4 Å². The molecule has 0 aliphatic heterocycles. The van der Waals surface area contributed by atoms with Crippen LogP contribution in [-0.4, -0.2) is 28.1 Å². The molecule has 1 aliphatic rings. The number of hydrogen-bond donors (Lipinski definition) is 1. The average Bonchev–Trinajstić information content (AvgIpc) is 3.15. The smallest absolute Gasteiger partial charge is 0.341 e. The standard InChI is InChI=1S/C18H23N3O4S/c1-10(2)24-18(23)16-12-6-4-5-7-13(12)26-17(16)20-14(22)8-9-15-19-11(3)21-25-15/h10H,4-9H2,1-3H3,(H,20,22). The second-order valence-corrected chi connectivity index (χ2v) is 7.76. The molecule has 7 nitrogen and oxygen atoms in total. The van der Waals surface area contributed by atoms with Crippen molar-refractivity contribution in [3.05, 3.63) is 27.7 Å². The summed E-state index contributed by atoms with van der Waals surface area (Å²) in [7, 11) is 0. The molecule has 2 aromatic heterocycles. The van der Waals surface area contributed by atoms with Crippen LogP contribution < -0.4 is 5.32 Å². The summed E-state index contributed by atoms with van der Waals surface area (Å²) in [6.45, 7) is 5.37. The molecule has 2 aromatic rings. The van der Waals surface area contributed by atoms with Crippen LogP contribution in [0.4, 0.5) is 5.00 Å². The first-order chi connectivity index (χ1) is 12.4. The highest BCUT2D eigenvalue weighted by molar-refractivity contribution is 7.17. The van der Waals surface area contributed by atoms with E-state index in [2.05, 4.69) is 15.5 Å². The van der Waals surface area contributed by atoms with Crippen molar-refractivity contribution in [2.75, 3.05) is 5.32 Å². The van der Waals surface area contributed by atoms with Gasteiger partial charge in [-0.1, -0.05) is 5.16 Å². The van der Waals surface area contributed by atoms with Gasteiger partial charge >= 0.3 is 5.97 Å². The van der Waals surface area contributed by atoms with E-state index in [1.165, 1.54) is 16.2 Å². The zero-order chi connectivity index (χ0) is 18.7. The lowest BCUT2D eigenvalue weighted by molar-refractivity contribution is -0.116. The highest BCUT2D eigenvalue weighted by Crippen LogP contribution is 2.38. The van der Waals surface area contributed by atoms with Crippen LogP contribution in [0.15, 0.2) is 4.52 Å². The third-order valence-electron chi connectivity index (χ3n) is 4.11. The van der Waals surface area contributed by atoms with E-state index in [-0.39, 0.29) is 24.4 Å². The predicted octanol–water partition coefficient (Wildman–Crippen LogP) is 3.45. The second-order valence-electron chi connectivity index (χ2n) is 6.65. The molecule has 8 heteroatoms. The summed E-state index contributed by atoms with van der Waals surface area (Å²) in [4.78, 5) is 30.2. The summed E-state index contributed by atoms with van der Waals surface area (Å²) in [6, 6.07) is 0. The lowest BCUT2D eigenvalue weighted by Gasteiger charge is -2.14. The lowest BCUT2D eigenvalue weighted by Crippen LogP contribution is -2.18. The van der Waals surface area contributed by atoms with E-state index in [4.69, 9.17) is 9.26 Å². The quantitative estimate of drug-likeness (QED) is 0.775. The van der Waals surface area contributed by atoms with E-state index in [0.29, 0.717) is 28.7 Å². The SMILES string of the molecule is Cc1noc(CCC(=O)Nc2sc3c(c2C(=O)OC(C)C)CCCC3)n1. The van der Waals surface area contributed by atoms with Gasteiger partial charge in [-0.15, -0.1) is 11.3 Å². The molecule has 1 amide bonds. The number of esters is 1. The fourth-order valence-electron chi connectivity index (χ4n) is 2.99. The monoisotopic (exact) mass is 377 g/mol. The molecule has 0 saturated carbocycles. The second kappa shape index (κ2) is 7.99. The number of amides is 1. The van der Waals surface area contributed by atoms with E-state index in [0.717, 1.165) is 31.2 Å². The molecule has 0 bridgehead atoms. The Hall–Kier alpha value is -2.22. The van der Waals surface area contributed by atoms with Crippen molar-refractivity contribution in [3.8, 4) is 0 Å². The van der Waals surface area contributed by atoms with Crippen molar-refractivity contribution >= 4 is 28.2 Å². The molecule has 0 spiro atoms. The van der Waals surface area contributed by atoms with Crippen molar-refractivity contribution in [1.82, 2.24) is 10.1 Å². The van der Waals surface area contributed by atoms with Crippen LogP contribution in [0.2, 0.25) is 0 Å². The number of carbonyl (C=O) groups excluding carboxylic acids is 2. The maximum absolute atomic E-state index is 12.6. The Morgan fingerprint density at radius 2 is 2.08 bits per heavy atom. The van der Waals surface area contributed by atoms with Crippen LogP contribution in [-0.2, 0) is 28.8 Å². The Kier molecular flexibility index (Phi) is 5.70. The number of fused-ring (bicyclic) bond motifs is 1. The van der Waals surface area contributed by atoms with Gasteiger partial charge in [0, 0.05) is 17.7 Å². The van der Waals surface area contributed by atoms with E-state index in [9.17, 15) is 9.59 Å². The number of anilines is 1. The molecule has 0 aromatic carbocycles. The van der Waals surface area contributed by atoms with Crippen LogP contribution >= 0.6 is 11.3 Å². The first-order valence-corrected chi connectivity index (χ1v) is 9.70. The summed E-state index contributed by atoms with van der Waals surface area (Å²) in [5.41, 5.74) is 1.56. The molecule has 0 fully saturated rings. The van der Waals surface area contributed by atoms with Gasteiger partial charge in [-0.25, -0.2) is 4.79 Å². The summed E-state index contributed by atoms with van der Waals surface area (Å²) in [5, 5.41) is 7.19. The molecule has 1 aliphatic carbocycles. The van der Waals surface area contributed by atoms with Gasteiger partial charge < -0.3 is 14.6 Å². The topological polar surface area (TPSA) is 94.3 Å². The highest BCUT2D eigenvalue weighted by atomic mass is 32.1. The lowest BCUT2D eigenvalue weighted by atomic mass is 9.95. The minimum Gasteiger partial charge on any atom is -0.459 e. The highest BCUT2D eigenvalue weighted by Gasteiger charge is 2.27. The first kappa shape index (κ1) is 18.6. The fraction of sp³-hybridized carbons (Fsp3) is 0.556. The number of hydrogen-bond acceptors (Lipinski definition) is 7. The Labute approximate surface area is 156 Å². The van der Waals surface area contributed by atoms with Crippen LogP contribution in [0.5, 0.6) is 0 Å². The Morgan fingerprint density at radius 3 is 2.77 bits per heavy atom. The Bertz CT molecular complexity index is 809. The van der Waals surface area contributed by atoms with E-state index in [1.807, 2.05) is 13.8 Å². The minimum absolute atomic E-state index is 0.182. The average molecular weight is 377 g/mol. The Morgan fingerprint density at radius 1 is 1.31 bits per heavy atom. The number of carbonyl (C=O) groups is 2. The van der Waals surface area contributed by atoms with E-state index in [1.54, 1.807) is 6.92 Å².